The number of halogens is 1. The maximum Gasteiger partial charge on any atom is 0.0972 e. The van der Waals surface area contributed by atoms with Gasteiger partial charge in [-0.25, -0.2) is 4.98 Å². The Bertz CT molecular complexity index is 575. The molecule has 2 rings (SSSR count). The van der Waals surface area contributed by atoms with Crippen LogP contribution in [0.1, 0.15) is 30.1 Å². The van der Waals surface area contributed by atoms with Crippen LogP contribution in [0.5, 0.6) is 0 Å². The number of nitrogens with zero attached hydrogens (tertiary/aromatic N) is 2. The summed E-state index contributed by atoms with van der Waals surface area (Å²) >= 11 is 7.57. The fourth-order valence-corrected chi connectivity index (χ4v) is 3.22. The topological polar surface area (TPSA) is 36.4 Å². The lowest BCUT2D eigenvalue weighted by Gasteiger charge is -2.24. The summed E-state index contributed by atoms with van der Waals surface area (Å²) in [6, 6.07) is 7.87. The van der Waals surface area contributed by atoms with Crippen LogP contribution in [0.15, 0.2) is 29.6 Å². The zero-order valence-corrected chi connectivity index (χ0v) is 14.2. The minimum Gasteiger partial charge on any atom is -0.389 e. The van der Waals surface area contributed by atoms with E-state index in [2.05, 4.69) is 15.3 Å². The predicted octanol–water partition coefficient (Wildman–Crippen LogP) is 3.59. The highest BCUT2D eigenvalue weighted by Crippen LogP contribution is 2.18. The van der Waals surface area contributed by atoms with Gasteiger partial charge in [-0.1, -0.05) is 23.7 Å². The molecule has 0 aliphatic rings. The lowest BCUT2D eigenvalue weighted by molar-refractivity contribution is 0.0422. The highest BCUT2D eigenvalue weighted by molar-refractivity contribution is 7.09. The van der Waals surface area contributed by atoms with Gasteiger partial charge < -0.3 is 5.11 Å². The van der Waals surface area contributed by atoms with E-state index in [4.69, 9.17) is 11.6 Å². The smallest absolute Gasteiger partial charge is 0.0972 e. The third-order valence-electron chi connectivity index (χ3n) is 2.96. The van der Waals surface area contributed by atoms with Crippen LogP contribution in [0.2, 0.25) is 5.02 Å². The first kappa shape index (κ1) is 16.4. The van der Waals surface area contributed by atoms with Crippen LogP contribution in [0.25, 0.3) is 0 Å². The molecule has 0 fully saturated rings. The molecule has 0 aliphatic carbocycles. The maximum atomic E-state index is 9.82. The molecule has 0 amide bonds. The highest BCUT2D eigenvalue weighted by Gasteiger charge is 2.16. The number of hydrogen-bond acceptors (Lipinski definition) is 4. The van der Waals surface area contributed by atoms with Gasteiger partial charge in [-0.3, -0.25) is 4.90 Å². The molecule has 0 aliphatic heterocycles. The number of likely N-dealkylation sites (N-methyl/N-ethyl adjacent to an activating group) is 1. The molecule has 0 atom stereocenters. The van der Waals surface area contributed by atoms with Gasteiger partial charge in [0.15, 0.2) is 0 Å². The number of hydrogen-bond donors (Lipinski definition) is 1. The zero-order valence-electron chi connectivity index (χ0n) is 12.6. The summed E-state index contributed by atoms with van der Waals surface area (Å²) < 4.78 is 0. The Morgan fingerprint density at radius 1 is 1.29 bits per heavy atom. The molecular formula is C16H21ClN2OS. The Balaban J connectivity index is 1.93. The van der Waals surface area contributed by atoms with E-state index in [9.17, 15) is 5.11 Å². The summed E-state index contributed by atoms with van der Waals surface area (Å²) in [5, 5.41) is 13.8. The summed E-state index contributed by atoms with van der Waals surface area (Å²) in [4.78, 5) is 6.74. The van der Waals surface area contributed by atoms with Crippen molar-refractivity contribution in [2.45, 2.75) is 32.4 Å². The maximum absolute atomic E-state index is 9.82. The number of aromatic nitrogens is 1. The van der Waals surface area contributed by atoms with Crippen molar-refractivity contribution in [3.63, 3.8) is 0 Å². The van der Waals surface area contributed by atoms with Crippen molar-refractivity contribution in [1.82, 2.24) is 9.88 Å². The fraction of sp³-hybridized carbons (Fsp3) is 0.438. The lowest BCUT2D eigenvalue weighted by atomic mass is 10.1. The number of thiazole rings is 1. The predicted molar refractivity (Wildman–Crippen MR) is 89.0 cm³/mol. The number of benzene rings is 1. The van der Waals surface area contributed by atoms with Crippen molar-refractivity contribution in [2.75, 3.05) is 13.6 Å². The van der Waals surface area contributed by atoms with E-state index in [1.807, 2.05) is 45.2 Å². The van der Waals surface area contributed by atoms with Gasteiger partial charge in [0.05, 0.1) is 16.3 Å². The highest BCUT2D eigenvalue weighted by atomic mass is 35.5. The van der Waals surface area contributed by atoms with E-state index >= 15 is 0 Å². The van der Waals surface area contributed by atoms with Crippen molar-refractivity contribution in [2.24, 2.45) is 0 Å². The van der Waals surface area contributed by atoms with E-state index in [1.54, 1.807) is 11.3 Å². The normalized spacial score (nSPS) is 12.1. The summed E-state index contributed by atoms with van der Waals surface area (Å²) in [6.07, 6.45) is 0.830. The second kappa shape index (κ2) is 6.88. The monoisotopic (exact) mass is 324 g/mol. The van der Waals surface area contributed by atoms with E-state index in [0.717, 1.165) is 28.7 Å². The first-order chi connectivity index (χ1) is 9.82. The van der Waals surface area contributed by atoms with Crippen molar-refractivity contribution in [3.8, 4) is 0 Å². The molecule has 0 saturated heterocycles. The Morgan fingerprint density at radius 3 is 2.57 bits per heavy atom. The second-order valence-corrected chi connectivity index (χ2v) is 7.40. The molecule has 5 heteroatoms. The molecule has 21 heavy (non-hydrogen) atoms. The molecule has 0 bridgehead atoms. The van der Waals surface area contributed by atoms with Crippen LogP contribution >= 0.6 is 22.9 Å². The fourth-order valence-electron chi connectivity index (χ4n) is 2.27. The van der Waals surface area contributed by atoms with E-state index in [-0.39, 0.29) is 0 Å². The molecule has 1 aromatic carbocycles. The first-order valence-corrected chi connectivity index (χ1v) is 8.16. The molecular weight excluding hydrogens is 304 g/mol. The van der Waals surface area contributed by atoms with Crippen molar-refractivity contribution >= 4 is 22.9 Å². The standard InChI is InChI=1S/C16H21ClN2OS/c1-16(2,20)11-19(3)9-14-10-21-15(18-14)8-12-4-6-13(17)7-5-12/h4-7,10,20H,8-9,11H2,1-3H3. The number of aliphatic hydroxyl groups is 1. The van der Waals surface area contributed by atoms with Gasteiger partial charge in [0, 0.05) is 29.9 Å². The molecule has 1 aromatic heterocycles. The number of rotatable bonds is 6. The van der Waals surface area contributed by atoms with Gasteiger partial charge in [-0.05, 0) is 38.6 Å². The van der Waals surface area contributed by atoms with Gasteiger partial charge in [-0.2, -0.15) is 0 Å². The van der Waals surface area contributed by atoms with Gasteiger partial charge in [0.2, 0.25) is 0 Å². The Morgan fingerprint density at radius 2 is 1.95 bits per heavy atom. The Hall–Kier alpha value is -0.940. The van der Waals surface area contributed by atoms with Gasteiger partial charge in [0.25, 0.3) is 0 Å². The van der Waals surface area contributed by atoms with Crippen LogP contribution in [0.3, 0.4) is 0 Å². The summed E-state index contributed by atoms with van der Waals surface area (Å²) in [7, 11) is 2.00. The van der Waals surface area contributed by atoms with Crippen LogP contribution in [-0.2, 0) is 13.0 Å². The second-order valence-electron chi connectivity index (χ2n) is 6.02. The van der Waals surface area contributed by atoms with Crippen LogP contribution in [0.4, 0.5) is 0 Å². The molecule has 3 nitrogen and oxygen atoms in total. The molecule has 114 valence electrons. The Labute approximate surface area is 135 Å². The summed E-state index contributed by atoms with van der Waals surface area (Å²) in [5.74, 6) is 0. The van der Waals surface area contributed by atoms with Crippen molar-refractivity contribution in [3.05, 3.63) is 50.9 Å². The Kier molecular flexibility index (Phi) is 5.38. The summed E-state index contributed by atoms with van der Waals surface area (Å²) in [6.45, 7) is 5.01. The van der Waals surface area contributed by atoms with E-state index < -0.39 is 5.60 Å². The lowest BCUT2D eigenvalue weighted by Crippen LogP contribution is -2.35. The van der Waals surface area contributed by atoms with Crippen LogP contribution in [0, 0.1) is 0 Å². The van der Waals surface area contributed by atoms with Gasteiger partial charge in [0.1, 0.15) is 0 Å². The third-order valence-corrected chi connectivity index (χ3v) is 4.11. The molecule has 0 radical (unpaired) electrons. The minimum atomic E-state index is -0.684. The first-order valence-electron chi connectivity index (χ1n) is 6.90. The van der Waals surface area contributed by atoms with Crippen molar-refractivity contribution in [1.29, 1.82) is 0 Å². The summed E-state index contributed by atoms with van der Waals surface area (Å²) in [5.41, 5.74) is 1.58. The van der Waals surface area contributed by atoms with Gasteiger partial charge >= 0.3 is 0 Å². The minimum absolute atomic E-state index is 0.622. The van der Waals surface area contributed by atoms with E-state index in [0.29, 0.717) is 6.54 Å². The quantitative estimate of drug-likeness (QED) is 0.882. The molecule has 0 spiro atoms. The average molecular weight is 325 g/mol. The molecule has 2 aromatic rings. The molecule has 0 unspecified atom stereocenters. The van der Waals surface area contributed by atoms with Crippen LogP contribution < -0.4 is 0 Å². The van der Waals surface area contributed by atoms with Gasteiger partial charge in [-0.15, -0.1) is 11.3 Å². The molecule has 1 N–H and O–H groups in total. The largest absolute Gasteiger partial charge is 0.389 e. The van der Waals surface area contributed by atoms with Crippen molar-refractivity contribution < 1.29 is 5.11 Å². The SMILES string of the molecule is CN(Cc1csc(Cc2ccc(Cl)cc2)n1)CC(C)(C)O. The third kappa shape index (κ3) is 5.75. The van der Waals surface area contributed by atoms with Crippen LogP contribution in [-0.4, -0.2) is 34.2 Å². The zero-order chi connectivity index (χ0) is 15.5. The average Bonchev–Trinajstić information content (AvgIpc) is 2.77. The molecule has 0 saturated carbocycles. The molecule has 1 heterocycles. The van der Waals surface area contributed by atoms with E-state index in [1.165, 1.54) is 5.56 Å².